The van der Waals surface area contributed by atoms with Gasteiger partial charge in [0, 0.05) is 30.2 Å². The molecule has 0 aliphatic carbocycles. The first kappa shape index (κ1) is 17.4. The molecule has 0 unspecified atom stereocenters. The van der Waals surface area contributed by atoms with Gasteiger partial charge in [0.15, 0.2) is 0 Å². The van der Waals surface area contributed by atoms with E-state index in [1.165, 1.54) is 27.7 Å². The second-order valence-electron chi connectivity index (χ2n) is 6.82. The van der Waals surface area contributed by atoms with Crippen LogP contribution in [0.5, 0.6) is 0 Å². The summed E-state index contributed by atoms with van der Waals surface area (Å²) in [5, 5.41) is 4.89. The van der Waals surface area contributed by atoms with Gasteiger partial charge in [0.1, 0.15) is 10.6 Å². The van der Waals surface area contributed by atoms with Gasteiger partial charge in [0.05, 0.1) is 0 Å². The highest BCUT2D eigenvalue weighted by Gasteiger charge is 2.24. The quantitative estimate of drug-likeness (QED) is 0.825. The average molecular weight is 359 g/mol. The number of rotatable bonds is 2. The van der Waals surface area contributed by atoms with Crippen LogP contribution < -0.4 is 5.56 Å². The maximum atomic E-state index is 12.1. The van der Waals surface area contributed by atoms with Crippen LogP contribution in [-0.2, 0) is 4.74 Å². The van der Waals surface area contributed by atoms with Crippen molar-refractivity contribution in [3.63, 3.8) is 0 Å². The van der Waals surface area contributed by atoms with Crippen molar-refractivity contribution in [2.24, 2.45) is 0 Å². The third-order valence-corrected chi connectivity index (χ3v) is 4.83. The standard InChI is InChI=1S/C18H21N3O3S/c1-18(2,3)24-17(23)20-11-8-13(9-12-20)14-6-7-16(25-14)21-15(22)5-4-10-19-21/h4-8,10H,9,11-12H2,1-3H3. The topological polar surface area (TPSA) is 64.4 Å². The summed E-state index contributed by atoms with van der Waals surface area (Å²) < 4.78 is 6.80. The van der Waals surface area contributed by atoms with Gasteiger partial charge in [-0.05, 0) is 51.0 Å². The Hall–Kier alpha value is -2.41. The van der Waals surface area contributed by atoms with Crippen molar-refractivity contribution in [2.45, 2.75) is 32.8 Å². The number of ether oxygens (including phenoxy) is 1. The van der Waals surface area contributed by atoms with E-state index in [-0.39, 0.29) is 11.7 Å². The van der Waals surface area contributed by atoms with Gasteiger partial charge >= 0.3 is 6.09 Å². The largest absolute Gasteiger partial charge is 0.444 e. The van der Waals surface area contributed by atoms with E-state index in [1.54, 1.807) is 17.2 Å². The second-order valence-corrected chi connectivity index (χ2v) is 7.88. The Morgan fingerprint density at radius 2 is 2.08 bits per heavy atom. The molecule has 0 saturated carbocycles. The van der Waals surface area contributed by atoms with Crippen molar-refractivity contribution in [3.05, 3.63) is 51.8 Å². The van der Waals surface area contributed by atoms with E-state index in [2.05, 4.69) is 5.10 Å². The molecule has 0 fully saturated rings. The average Bonchev–Trinajstić information content (AvgIpc) is 3.03. The lowest BCUT2D eigenvalue weighted by molar-refractivity contribution is 0.0270. The van der Waals surface area contributed by atoms with E-state index in [0.29, 0.717) is 13.1 Å². The molecular formula is C18H21N3O3S. The number of amides is 1. The van der Waals surface area contributed by atoms with Crippen LogP contribution in [-0.4, -0.2) is 39.5 Å². The van der Waals surface area contributed by atoms with E-state index in [4.69, 9.17) is 4.74 Å². The Morgan fingerprint density at radius 1 is 1.28 bits per heavy atom. The first-order chi connectivity index (χ1) is 11.8. The van der Waals surface area contributed by atoms with E-state index >= 15 is 0 Å². The molecule has 0 saturated heterocycles. The molecule has 3 rings (SSSR count). The Bertz CT molecular complexity index is 861. The number of carbonyl (C=O) groups excluding carboxylic acids is 1. The summed E-state index contributed by atoms with van der Waals surface area (Å²) in [6, 6.07) is 7.01. The number of hydrogen-bond acceptors (Lipinski definition) is 5. The Kier molecular flexibility index (Phi) is 4.76. The van der Waals surface area contributed by atoms with Crippen molar-refractivity contribution in [1.82, 2.24) is 14.7 Å². The molecule has 0 bridgehead atoms. The first-order valence-corrected chi connectivity index (χ1v) is 8.97. The Labute approximate surface area is 150 Å². The minimum absolute atomic E-state index is 0.148. The highest BCUT2D eigenvalue weighted by molar-refractivity contribution is 7.15. The molecular weight excluding hydrogens is 338 g/mol. The summed E-state index contributed by atoms with van der Waals surface area (Å²) in [4.78, 5) is 26.8. The lowest BCUT2D eigenvalue weighted by Crippen LogP contribution is -2.39. The van der Waals surface area contributed by atoms with Crippen molar-refractivity contribution < 1.29 is 9.53 Å². The molecule has 1 amide bonds. The van der Waals surface area contributed by atoms with Crippen molar-refractivity contribution in [3.8, 4) is 5.00 Å². The fourth-order valence-electron chi connectivity index (χ4n) is 2.52. The summed E-state index contributed by atoms with van der Waals surface area (Å²) in [5.74, 6) is 0. The number of aromatic nitrogens is 2. The molecule has 2 aromatic rings. The number of hydrogen-bond donors (Lipinski definition) is 0. The zero-order chi connectivity index (χ0) is 18.0. The molecule has 7 heteroatoms. The minimum Gasteiger partial charge on any atom is -0.444 e. The molecule has 0 radical (unpaired) electrons. The summed E-state index contributed by atoms with van der Waals surface area (Å²) in [5.41, 5.74) is 0.546. The SMILES string of the molecule is CC(C)(C)OC(=O)N1CC=C(c2ccc(-n3ncccc3=O)s2)CC1. The fraction of sp³-hybridized carbons (Fsp3) is 0.389. The molecule has 2 aromatic heterocycles. The number of nitrogens with zero attached hydrogens (tertiary/aromatic N) is 3. The highest BCUT2D eigenvalue weighted by atomic mass is 32.1. The molecule has 132 valence electrons. The summed E-state index contributed by atoms with van der Waals surface area (Å²) in [6.45, 7) is 6.74. The molecule has 0 atom stereocenters. The lowest BCUT2D eigenvalue weighted by atomic mass is 10.1. The van der Waals surface area contributed by atoms with E-state index in [0.717, 1.165) is 16.3 Å². The maximum Gasteiger partial charge on any atom is 0.410 e. The van der Waals surface area contributed by atoms with Crippen molar-refractivity contribution in [2.75, 3.05) is 13.1 Å². The summed E-state index contributed by atoms with van der Waals surface area (Å²) in [7, 11) is 0. The number of carbonyl (C=O) groups is 1. The predicted octanol–water partition coefficient (Wildman–Crippen LogP) is 3.32. The molecule has 0 N–H and O–H groups in total. The fourth-order valence-corrected chi connectivity index (χ4v) is 3.56. The van der Waals surface area contributed by atoms with E-state index in [9.17, 15) is 9.59 Å². The van der Waals surface area contributed by atoms with E-state index < -0.39 is 5.60 Å². The van der Waals surface area contributed by atoms with Gasteiger partial charge in [-0.3, -0.25) is 4.79 Å². The van der Waals surface area contributed by atoms with Gasteiger partial charge in [0.25, 0.3) is 5.56 Å². The minimum atomic E-state index is -0.486. The normalized spacial score (nSPS) is 15.0. The van der Waals surface area contributed by atoms with Gasteiger partial charge < -0.3 is 9.64 Å². The lowest BCUT2D eigenvalue weighted by Gasteiger charge is -2.29. The molecule has 1 aliphatic rings. The van der Waals surface area contributed by atoms with Crippen LogP contribution in [0.1, 0.15) is 32.1 Å². The first-order valence-electron chi connectivity index (χ1n) is 8.15. The monoisotopic (exact) mass is 359 g/mol. The van der Waals surface area contributed by atoms with Crippen LogP contribution in [0.2, 0.25) is 0 Å². The van der Waals surface area contributed by atoms with Crippen LogP contribution in [0.4, 0.5) is 4.79 Å². The maximum absolute atomic E-state index is 12.1. The molecule has 6 nitrogen and oxygen atoms in total. The van der Waals surface area contributed by atoms with Crippen LogP contribution in [0.15, 0.2) is 41.3 Å². The predicted molar refractivity (Wildman–Crippen MR) is 98.1 cm³/mol. The van der Waals surface area contributed by atoms with Gasteiger partial charge in [0.2, 0.25) is 0 Å². The molecule has 0 spiro atoms. The van der Waals surface area contributed by atoms with Gasteiger partial charge in [-0.1, -0.05) is 6.08 Å². The van der Waals surface area contributed by atoms with E-state index in [1.807, 2.05) is 39.0 Å². The van der Waals surface area contributed by atoms with Crippen LogP contribution in [0.25, 0.3) is 10.6 Å². The Balaban J connectivity index is 1.72. The second kappa shape index (κ2) is 6.84. The smallest absolute Gasteiger partial charge is 0.410 e. The highest BCUT2D eigenvalue weighted by Crippen LogP contribution is 2.30. The van der Waals surface area contributed by atoms with Crippen LogP contribution >= 0.6 is 11.3 Å². The molecule has 1 aliphatic heterocycles. The molecule has 25 heavy (non-hydrogen) atoms. The summed E-state index contributed by atoms with van der Waals surface area (Å²) >= 11 is 1.52. The van der Waals surface area contributed by atoms with Gasteiger partial charge in [-0.25, -0.2) is 4.79 Å². The van der Waals surface area contributed by atoms with Crippen LogP contribution in [0.3, 0.4) is 0 Å². The molecule has 3 heterocycles. The Morgan fingerprint density at radius 3 is 2.72 bits per heavy atom. The zero-order valence-corrected chi connectivity index (χ0v) is 15.4. The van der Waals surface area contributed by atoms with Crippen molar-refractivity contribution >= 4 is 23.0 Å². The van der Waals surface area contributed by atoms with Crippen molar-refractivity contribution in [1.29, 1.82) is 0 Å². The van der Waals surface area contributed by atoms with Gasteiger partial charge in [-0.15, -0.1) is 11.3 Å². The third kappa shape index (κ3) is 4.17. The molecule has 0 aromatic carbocycles. The number of thiophene rings is 1. The zero-order valence-electron chi connectivity index (χ0n) is 14.6. The van der Waals surface area contributed by atoms with Gasteiger partial charge in [-0.2, -0.15) is 9.78 Å². The summed E-state index contributed by atoms with van der Waals surface area (Å²) in [6.07, 6.45) is 4.12. The van der Waals surface area contributed by atoms with Crippen LogP contribution in [0, 0.1) is 0 Å². The third-order valence-electron chi connectivity index (χ3n) is 3.69.